The summed E-state index contributed by atoms with van der Waals surface area (Å²) < 4.78 is 32.8. The standard InChI is InChI=1S/C24H23F2N3O3/c1-14(2)11-21-23(30)27-20(17-5-3-4-6-18(17)26)13-29(21)24(31)22-12-19(28-32-22)15-7-9-16(25)10-8-15/h3-10,12,14,20-21H,11,13H2,1-2H3,(H,27,30). The summed E-state index contributed by atoms with van der Waals surface area (Å²) in [6.45, 7) is 4.01. The van der Waals surface area contributed by atoms with Crippen molar-refractivity contribution >= 4 is 11.8 Å². The molecule has 0 saturated carbocycles. The normalized spacial score (nSPS) is 18.7. The molecule has 0 aliphatic carbocycles. The monoisotopic (exact) mass is 439 g/mol. The third-order valence-corrected chi connectivity index (χ3v) is 5.47. The van der Waals surface area contributed by atoms with Crippen molar-refractivity contribution in [1.82, 2.24) is 15.4 Å². The van der Waals surface area contributed by atoms with Gasteiger partial charge in [-0.2, -0.15) is 0 Å². The molecule has 6 nitrogen and oxygen atoms in total. The van der Waals surface area contributed by atoms with Crippen LogP contribution in [0.2, 0.25) is 0 Å². The van der Waals surface area contributed by atoms with E-state index in [4.69, 9.17) is 4.52 Å². The van der Waals surface area contributed by atoms with Gasteiger partial charge in [-0.25, -0.2) is 8.78 Å². The fourth-order valence-electron chi connectivity index (χ4n) is 3.89. The maximum Gasteiger partial charge on any atom is 0.293 e. The molecule has 2 unspecified atom stereocenters. The first kappa shape index (κ1) is 21.7. The van der Waals surface area contributed by atoms with Crippen LogP contribution in [0, 0.1) is 17.6 Å². The number of piperazine rings is 1. The van der Waals surface area contributed by atoms with Gasteiger partial charge in [0, 0.05) is 23.7 Å². The molecule has 3 aromatic rings. The van der Waals surface area contributed by atoms with Gasteiger partial charge in [-0.05, 0) is 42.7 Å². The van der Waals surface area contributed by atoms with Crippen LogP contribution in [-0.4, -0.2) is 34.5 Å². The maximum atomic E-state index is 14.4. The van der Waals surface area contributed by atoms with Crippen LogP contribution in [0.25, 0.3) is 11.3 Å². The molecule has 2 atom stereocenters. The van der Waals surface area contributed by atoms with Gasteiger partial charge in [-0.1, -0.05) is 37.2 Å². The second kappa shape index (κ2) is 8.90. The topological polar surface area (TPSA) is 75.4 Å². The van der Waals surface area contributed by atoms with Gasteiger partial charge in [0.1, 0.15) is 23.4 Å². The molecule has 2 amide bonds. The highest BCUT2D eigenvalue weighted by Crippen LogP contribution is 2.28. The van der Waals surface area contributed by atoms with E-state index < -0.39 is 23.8 Å². The second-order valence-electron chi connectivity index (χ2n) is 8.27. The Morgan fingerprint density at radius 2 is 1.91 bits per heavy atom. The minimum absolute atomic E-state index is 0.0416. The lowest BCUT2D eigenvalue weighted by Gasteiger charge is -2.39. The number of hydrogen-bond donors (Lipinski definition) is 1. The van der Waals surface area contributed by atoms with Crippen LogP contribution < -0.4 is 5.32 Å². The van der Waals surface area contributed by atoms with E-state index in [0.29, 0.717) is 23.2 Å². The van der Waals surface area contributed by atoms with E-state index in [1.807, 2.05) is 13.8 Å². The Balaban J connectivity index is 1.64. The molecule has 0 radical (unpaired) electrons. The van der Waals surface area contributed by atoms with Gasteiger partial charge >= 0.3 is 0 Å². The molecule has 1 aliphatic heterocycles. The summed E-state index contributed by atoms with van der Waals surface area (Å²) in [7, 11) is 0. The summed E-state index contributed by atoms with van der Waals surface area (Å²) in [5.41, 5.74) is 1.28. The third kappa shape index (κ3) is 4.39. The van der Waals surface area contributed by atoms with Crippen LogP contribution >= 0.6 is 0 Å². The van der Waals surface area contributed by atoms with E-state index in [9.17, 15) is 18.4 Å². The first-order chi connectivity index (χ1) is 15.3. The van der Waals surface area contributed by atoms with Crippen molar-refractivity contribution in [3.63, 3.8) is 0 Å². The maximum absolute atomic E-state index is 14.4. The number of carbonyl (C=O) groups excluding carboxylic acids is 2. The summed E-state index contributed by atoms with van der Waals surface area (Å²) >= 11 is 0. The number of aromatic nitrogens is 1. The summed E-state index contributed by atoms with van der Waals surface area (Å²) in [5, 5.41) is 6.77. The van der Waals surface area contributed by atoms with Crippen LogP contribution in [-0.2, 0) is 4.79 Å². The van der Waals surface area contributed by atoms with Crippen LogP contribution in [0.15, 0.2) is 59.1 Å². The van der Waals surface area contributed by atoms with Crippen LogP contribution in [0.1, 0.15) is 42.4 Å². The third-order valence-electron chi connectivity index (χ3n) is 5.47. The smallest absolute Gasteiger partial charge is 0.293 e. The number of benzene rings is 2. The fraction of sp³-hybridized carbons (Fsp3) is 0.292. The minimum atomic E-state index is -0.718. The van der Waals surface area contributed by atoms with Gasteiger partial charge in [-0.3, -0.25) is 9.59 Å². The zero-order valence-electron chi connectivity index (χ0n) is 17.7. The average molecular weight is 439 g/mol. The average Bonchev–Trinajstić information content (AvgIpc) is 3.25. The molecule has 1 N–H and O–H groups in total. The van der Waals surface area contributed by atoms with Crippen LogP contribution in [0.3, 0.4) is 0 Å². The molecule has 1 aliphatic rings. The molecule has 8 heteroatoms. The Morgan fingerprint density at radius 3 is 2.59 bits per heavy atom. The van der Waals surface area contributed by atoms with Crippen molar-refractivity contribution in [2.24, 2.45) is 5.92 Å². The van der Waals surface area contributed by atoms with Gasteiger partial charge in [-0.15, -0.1) is 0 Å². The number of hydrogen-bond acceptors (Lipinski definition) is 4. The number of rotatable bonds is 5. The number of nitrogens with one attached hydrogen (secondary N) is 1. The van der Waals surface area contributed by atoms with E-state index in [1.54, 1.807) is 18.2 Å². The molecule has 166 valence electrons. The number of amides is 2. The highest BCUT2D eigenvalue weighted by atomic mass is 19.1. The predicted molar refractivity (Wildman–Crippen MR) is 113 cm³/mol. The van der Waals surface area contributed by atoms with Gasteiger partial charge in [0.25, 0.3) is 5.91 Å². The molecule has 1 fully saturated rings. The predicted octanol–water partition coefficient (Wildman–Crippen LogP) is 4.35. The van der Waals surface area contributed by atoms with Crippen molar-refractivity contribution < 1.29 is 22.9 Å². The van der Waals surface area contributed by atoms with Gasteiger partial charge in [0.2, 0.25) is 11.7 Å². The summed E-state index contributed by atoms with van der Waals surface area (Å²) in [6.07, 6.45) is 0.445. The number of nitrogens with zero attached hydrogens (tertiary/aromatic N) is 2. The molecule has 0 bridgehead atoms. The molecular weight excluding hydrogens is 416 g/mol. The molecule has 1 aromatic heterocycles. The Bertz CT molecular complexity index is 1130. The SMILES string of the molecule is CC(C)CC1C(=O)NC(c2ccccc2F)CN1C(=O)c1cc(-c2ccc(F)cc2)no1. The molecule has 32 heavy (non-hydrogen) atoms. The van der Waals surface area contributed by atoms with E-state index in [2.05, 4.69) is 10.5 Å². The first-order valence-electron chi connectivity index (χ1n) is 10.4. The Hall–Kier alpha value is -3.55. The largest absolute Gasteiger partial charge is 0.350 e. The molecule has 2 aromatic carbocycles. The van der Waals surface area contributed by atoms with Crippen molar-refractivity contribution in [1.29, 1.82) is 0 Å². The molecular formula is C24H23F2N3O3. The highest BCUT2D eigenvalue weighted by Gasteiger charge is 2.40. The Labute approximate surface area is 184 Å². The van der Waals surface area contributed by atoms with Crippen molar-refractivity contribution in [3.05, 3.63) is 77.6 Å². The van der Waals surface area contributed by atoms with Gasteiger partial charge < -0.3 is 14.7 Å². The number of carbonyl (C=O) groups is 2. The van der Waals surface area contributed by atoms with E-state index in [-0.39, 0.29) is 29.9 Å². The zero-order chi connectivity index (χ0) is 22.8. The van der Waals surface area contributed by atoms with Gasteiger partial charge in [0.05, 0.1) is 6.04 Å². The van der Waals surface area contributed by atoms with E-state index in [0.717, 1.165) is 0 Å². The van der Waals surface area contributed by atoms with Crippen LogP contribution in [0.4, 0.5) is 8.78 Å². The van der Waals surface area contributed by atoms with Gasteiger partial charge in [0.15, 0.2) is 0 Å². The lowest BCUT2D eigenvalue weighted by atomic mass is 9.95. The summed E-state index contributed by atoms with van der Waals surface area (Å²) in [6, 6.07) is 11.9. The van der Waals surface area contributed by atoms with Crippen molar-refractivity contribution in [3.8, 4) is 11.3 Å². The lowest BCUT2D eigenvalue weighted by Crippen LogP contribution is -2.58. The van der Waals surface area contributed by atoms with E-state index >= 15 is 0 Å². The number of halogens is 2. The molecule has 2 heterocycles. The van der Waals surface area contributed by atoms with E-state index in [1.165, 1.54) is 41.3 Å². The Morgan fingerprint density at radius 1 is 1.19 bits per heavy atom. The second-order valence-corrected chi connectivity index (χ2v) is 8.27. The summed E-state index contributed by atoms with van der Waals surface area (Å²) in [5.74, 6) is -1.58. The molecule has 4 rings (SSSR count). The molecule has 0 spiro atoms. The minimum Gasteiger partial charge on any atom is -0.350 e. The Kier molecular flexibility index (Phi) is 6.03. The first-order valence-corrected chi connectivity index (χ1v) is 10.4. The van der Waals surface area contributed by atoms with Crippen molar-refractivity contribution in [2.75, 3.05) is 6.54 Å². The highest BCUT2D eigenvalue weighted by molar-refractivity contribution is 5.97. The van der Waals surface area contributed by atoms with Crippen LogP contribution in [0.5, 0.6) is 0 Å². The fourth-order valence-corrected chi connectivity index (χ4v) is 3.89. The quantitative estimate of drug-likeness (QED) is 0.642. The summed E-state index contributed by atoms with van der Waals surface area (Å²) in [4.78, 5) is 27.7. The van der Waals surface area contributed by atoms with Crippen molar-refractivity contribution in [2.45, 2.75) is 32.4 Å². The zero-order valence-corrected chi connectivity index (χ0v) is 17.7. The lowest BCUT2D eigenvalue weighted by molar-refractivity contribution is -0.130. The molecule has 1 saturated heterocycles.